The molecule has 0 saturated carbocycles. The number of nitrogens with zero attached hydrogens (tertiary/aromatic N) is 4. The predicted molar refractivity (Wildman–Crippen MR) is 180 cm³/mol. The van der Waals surface area contributed by atoms with Gasteiger partial charge in [-0.25, -0.2) is 9.97 Å². The van der Waals surface area contributed by atoms with Gasteiger partial charge in [0.25, 0.3) is 0 Å². The zero-order valence-electron chi connectivity index (χ0n) is 24.2. The summed E-state index contributed by atoms with van der Waals surface area (Å²) in [6.45, 7) is 4.26. The Morgan fingerprint density at radius 1 is 0.605 bits per heavy atom. The average molecular weight is 555 g/mol. The summed E-state index contributed by atoms with van der Waals surface area (Å²) in [5, 5.41) is 4.67. The van der Waals surface area contributed by atoms with Gasteiger partial charge in [-0.1, -0.05) is 97.9 Å². The molecule has 0 spiro atoms. The summed E-state index contributed by atoms with van der Waals surface area (Å²) >= 11 is 0. The van der Waals surface area contributed by atoms with E-state index in [4.69, 9.17) is 9.97 Å². The fraction of sp³-hybridized carbons (Fsp3) is 0.0769. The van der Waals surface area contributed by atoms with Crippen LogP contribution in [0.15, 0.2) is 133 Å². The minimum absolute atomic E-state index is 0.757. The number of aromatic nitrogens is 4. The maximum absolute atomic E-state index is 5.31. The van der Waals surface area contributed by atoms with E-state index in [-0.39, 0.29) is 0 Å². The Morgan fingerprint density at radius 2 is 1.19 bits per heavy atom. The van der Waals surface area contributed by atoms with Gasteiger partial charge in [-0.05, 0) is 61.4 Å². The van der Waals surface area contributed by atoms with Crippen molar-refractivity contribution in [3.05, 3.63) is 139 Å². The van der Waals surface area contributed by atoms with E-state index < -0.39 is 0 Å². The molecule has 8 aromatic rings. The zero-order chi connectivity index (χ0) is 28.9. The third-order valence-electron chi connectivity index (χ3n) is 8.36. The van der Waals surface area contributed by atoms with Gasteiger partial charge in [0.2, 0.25) is 0 Å². The average Bonchev–Trinajstić information content (AvgIpc) is 3.58. The molecule has 0 unspecified atom stereocenters. The smallest absolute Gasteiger partial charge is 0.157 e. The molecule has 8 rings (SSSR count). The van der Waals surface area contributed by atoms with E-state index in [1.807, 2.05) is 0 Å². The van der Waals surface area contributed by atoms with Crippen LogP contribution in [-0.4, -0.2) is 19.1 Å². The highest BCUT2D eigenvalue weighted by atomic mass is 15.1. The molecular formula is C39H30N4. The maximum atomic E-state index is 5.31. The SMILES string of the molecule is CC/C=C(\C)c1nc(-c2ccc3c4ccccc4n(-c4ccccc4)c3c2)c2c3ccccc3n(-c3ccccc3)c2n1. The van der Waals surface area contributed by atoms with Crippen LogP contribution in [0.3, 0.4) is 0 Å². The molecular weight excluding hydrogens is 524 g/mol. The van der Waals surface area contributed by atoms with Gasteiger partial charge >= 0.3 is 0 Å². The Kier molecular flexibility index (Phi) is 5.93. The normalized spacial score (nSPS) is 12.2. The summed E-state index contributed by atoms with van der Waals surface area (Å²) in [4.78, 5) is 10.5. The highest BCUT2D eigenvalue weighted by molar-refractivity contribution is 6.15. The monoisotopic (exact) mass is 554 g/mol. The fourth-order valence-corrected chi connectivity index (χ4v) is 6.45. The van der Waals surface area contributed by atoms with E-state index in [0.717, 1.165) is 67.9 Å². The van der Waals surface area contributed by atoms with E-state index >= 15 is 0 Å². The highest BCUT2D eigenvalue weighted by Gasteiger charge is 2.21. The van der Waals surface area contributed by atoms with Gasteiger partial charge in [-0.3, -0.25) is 4.57 Å². The summed E-state index contributed by atoms with van der Waals surface area (Å²) in [7, 11) is 0. The van der Waals surface area contributed by atoms with Crippen molar-refractivity contribution in [3.63, 3.8) is 0 Å². The Bertz CT molecular complexity index is 2320. The molecule has 4 heteroatoms. The van der Waals surface area contributed by atoms with Gasteiger partial charge in [0.1, 0.15) is 5.65 Å². The summed E-state index contributed by atoms with van der Waals surface area (Å²) in [5.41, 5.74) is 9.70. The van der Waals surface area contributed by atoms with Gasteiger partial charge in [0.05, 0.1) is 27.6 Å². The molecule has 0 N–H and O–H groups in total. The minimum atomic E-state index is 0.757. The number of hydrogen-bond donors (Lipinski definition) is 0. The van der Waals surface area contributed by atoms with E-state index in [2.05, 4.69) is 156 Å². The topological polar surface area (TPSA) is 35.6 Å². The zero-order valence-corrected chi connectivity index (χ0v) is 24.2. The van der Waals surface area contributed by atoms with Crippen molar-refractivity contribution in [2.24, 2.45) is 0 Å². The molecule has 0 amide bonds. The number of benzene rings is 5. The molecule has 0 aliphatic heterocycles. The van der Waals surface area contributed by atoms with Crippen LogP contribution in [0.2, 0.25) is 0 Å². The molecule has 0 bridgehead atoms. The summed E-state index contributed by atoms with van der Waals surface area (Å²) < 4.78 is 4.64. The lowest BCUT2D eigenvalue weighted by Gasteiger charge is -2.12. The van der Waals surface area contributed by atoms with E-state index in [9.17, 15) is 0 Å². The van der Waals surface area contributed by atoms with Crippen LogP contribution in [0.4, 0.5) is 0 Å². The standard InChI is InChI=1S/C39H30N4/c1-3-14-26(2)38-40-37(36-32-20-11-13-22-34(32)43(39(36)41-38)29-17-8-5-9-18-29)27-23-24-31-30-19-10-12-21-33(30)42(35(31)25-27)28-15-6-4-7-16-28/h4-25H,3H2,1-2H3/b26-14+. The molecule has 0 fully saturated rings. The second-order valence-corrected chi connectivity index (χ2v) is 11.0. The van der Waals surface area contributed by atoms with Gasteiger partial charge < -0.3 is 4.57 Å². The predicted octanol–water partition coefficient (Wildman–Crippen LogP) is 10.2. The first-order chi connectivity index (χ1) is 21.2. The Labute approximate surface area is 250 Å². The summed E-state index contributed by atoms with van der Waals surface area (Å²) in [6.07, 6.45) is 3.13. The number of allylic oxidation sites excluding steroid dienone is 2. The van der Waals surface area contributed by atoms with Crippen LogP contribution in [-0.2, 0) is 0 Å². The van der Waals surface area contributed by atoms with Crippen LogP contribution in [0.5, 0.6) is 0 Å². The Balaban J connectivity index is 1.50. The molecule has 3 heterocycles. The molecule has 0 atom stereocenters. The van der Waals surface area contributed by atoms with Crippen LogP contribution < -0.4 is 0 Å². The molecule has 0 aliphatic carbocycles. The van der Waals surface area contributed by atoms with Crippen LogP contribution >= 0.6 is 0 Å². The van der Waals surface area contributed by atoms with E-state index in [1.54, 1.807) is 0 Å². The number of rotatable bonds is 5. The minimum Gasteiger partial charge on any atom is -0.309 e. The quantitative estimate of drug-likeness (QED) is 0.212. The van der Waals surface area contributed by atoms with E-state index in [0.29, 0.717) is 0 Å². The molecule has 0 aliphatic rings. The molecule has 4 nitrogen and oxygen atoms in total. The Morgan fingerprint density at radius 3 is 1.88 bits per heavy atom. The lowest BCUT2D eigenvalue weighted by atomic mass is 10.0. The molecule has 206 valence electrons. The molecule has 43 heavy (non-hydrogen) atoms. The Hall–Kier alpha value is -5.48. The van der Waals surface area contributed by atoms with Crippen molar-refractivity contribution in [3.8, 4) is 22.6 Å². The van der Waals surface area contributed by atoms with Crippen molar-refractivity contribution in [1.29, 1.82) is 0 Å². The lowest BCUT2D eigenvalue weighted by molar-refractivity contribution is 1.08. The number of hydrogen-bond acceptors (Lipinski definition) is 2. The van der Waals surface area contributed by atoms with Crippen molar-refractivity contribution in [2.45, 2.75) is 20.3 Å². The maximum Gasteiger partial charge on any atom is 0.157 e. The lowest BCUT2D eigenvalue weighted by Crippen LogP contribution is -2.01. The van der Waals surface area contributed by atoms with Crippen LogP contribution in [0.1, 0.15) is 26.1 Å². The number of para-hydroxylation sites is 4. The second kappa shape index (κ2) is 10.1. The van der Waals surface area contributed by atoms with Gasteiger partial charge in [-0.15, -0.1) is 0 Å². The first-order valence-electron chi connectivity index (χ1n) is 14.9. The summed E-state index contributed by atoms with van der Waals surface area (Å²) in [6, 6.07) is 45.1. The van der Waals surface area contributed by atoms with Gasteiger partial charge in [0, 0.05) is 33.1 Å². The van der Waals surface area contributed by atoms with Crippen molar-refractivity contribution in [2.75, 3.05) is 0 Å². The van der Waals surface area contributed by atoms with Gasteiger partial charge in [0.15, 0.2) is 5.82 Å². The fourth-order valence-electron chi connectivity index (χ4n) is 6.45. The highest BCUT2D eigenvalue weighted by Crippen LogP contribution is 2.40. The second-order valence-electron chi connectivity index (χ2n) is 11.0. The van der Waals surface area contributed by atoms with Crippen LogP contribution in [0.25, 0.3) is 71.9 Å². The summed E-state index contributed by atoms with van der Waals surface area (Å²) in [5.74, 6) is 0.757. The molecule has 3 aromatic heterocycles. The van der Waals surface area contributed by atoms with Crippen molar-refractivity contribution >= 4 is 49.3 Å². The third kappa shape index (κ3) is 3.98. The molecule has 5 aromatic carbocycles. The van der Waals surface area contributed by atoms with Crippen molar-refractivity contribution in [1.82, 2.24) is 19.1 Å². The first-order valence-corrected chi connectivity index (χ1v) is 14.9. The van der Waals surface area contributed by atoms with Crippen molar-refractivity contribution < 1.29 is 0 Å². The molecule has 0 radical (unpaired) electrons. The van der Waals surface area contributed by atoms with Crippen LogP contribution in [0, 0.1) is 0 Å². The first kappa shape index (κ1) is 25.2. The van der Waals surface area contributed by atoms with E-state index in [1.165, 1.54) is 16.3 Å². The number of fused-ring (bicyclic) bond motifs is 6. The third-order valence-corrected chi connectivity index (χ3v) is 8.36. The van der Waals surface area contributed by atoms with Gasteiger partial charge in [-0.2, -0.15) is 0 Å². The largest absolute Gasteiger partial charge is 0.309 e. The molecule has 0 saturated heterocycles.